The van der Waals surface area contributed by atoms with Gasteiger partial charge in [-0.25, -0.2) is 0 Å². The first-order chi connectivity index (χ1) is 20.1. The van der Waals surface area contributed by atoms with Gasteiger partial charge in [-0.15, -0.1) is 0 Å². The molecular formula is C25H52O15P2S. The van der Waals surface area contributed by atoms with Crippen molar-refractivity contribution >= 4 is 32.7 Å². The Morgan fingerprint density at radius 1 is 0.791 bits per heavy atom. The Balaban J connectivity index is 4.26. The minimum absolute atomic E-state index is 0.0499. The SMILES string of the molecule is CC(C)CCOCC(COCCCSCCC(=O)CCCCC(O)(P(=O)(O)O)P(=O)(O)O)OCC(CO)OCC(O)CO. The predicted octanol–water partition coefficient (Wildman–Crippen LogP) is 0.826. The molecule has 43 heavy (non-hydrogen) atoms. The van der Waals surface area contributed by atoms with Crippen LogP contribution in [0.3, 0.4) is 0 Å². The third-order valence-corrected chi connectivity index (χ3v) is 11.1. The van der Waals surface area contributed by atoms with Crippen molar-refractivity contribution in [3.63, 3.8) is 0 Å². The number of hydrogen-bond donors (Lipinski definition) is 8. The Hall–Kier alpha value is -0.000000000000000125. The van der Waals surface area contributed by atoms with E-state index in [2.05, 4.69) is 13.8 Å². The largest absolute Gasteiger partial charge is 0.394 e. The van der Waals surface area contributed by atoms with Crippen LogP contribution in [0.5, 0.6) is 0 Å². The van der Waals surface area contributed by atoms with Crippen molar-refractivity contribution in [1.82, 2.24) is 0 Å². The number of ether oxygens (including phenoxy) is 4. The van der Waals surface area contributed by atoms with Crippen molar-refractivity contribution < 1.29 is 72.9 Å². The zero-order valence-electron chi connectivity index (χ0n) is 25.1. The first kappa shape index (κ1) is 43.0. The predicted molar refractivity (Wildman–Crippen MR) is 160 cm³/mol. The fraction of sp³-hybridized carbons (Fsp3) is 0.960. The highest BCUT2D eigenvalue weighted by Crippen LogP contribution is 2.69. The zero-order valence-corrected chi connectivity index (χ0v) is 27.7. The molecule has 0 radical (unpaired) electrons. The van der Waals surface area contributed by atoms with E-state index in [1.54, 1.807) is 11.8 Å². The zero-order chi connectivity index (χ0) is 32.9. The van der Waals surface area contributed by atoms with Crippen LogP contribution in [0.15, 0.2) is 0 Å². The van der Waals surface area contributed by atoms with Gasteiger partial charge in [0.25, 0.3) is 5.08 Å². The molecule has 15 nitrogen and oxygen atoms in total. The van der Waals surface area contributed by atoms with Crippen LogP contribution < -0.4 is 0 Å². The van der Waals surface area contributed by atoms with Crippen LogP contribution in [0.2, 0.25) is 0 Å². The second kappa shape index (κ2) is 23.3. The van der Waals surface area contributed by atoms with Gasteiger partial charge >= 0.3 is 15.2 Å². The van der Waals surface area contributed by atoms with Gasteiger partial charge in [0.15, 0.2) is 0 Å². The molecule has 0 aliphatic carbocycles. The van der Waals surface area contributed by atoms with E-state index in [4.69, 9.17) is 43.6 Å². The second-order valence-electron chi connectivity index (χ2n) is 10.6. The quantitative estimate of drug-likeness (QED) is 0.0401. The molecule has 8 N–H and O–H groups in total. The Kier molecular flexibility index (Phi) is 23.3. The molecule has 0 amide bonds. The molecule has 0 aliphatic heterocycles. The van der Waals surface area contributed by atoms with Crippen molar-refractivity contribution in [1.29, 1.82) is 0 Å². The molecule has 3 unspecified atom stereocenters. The molecule has 0 fully saturated rings. The molecule has 18 heteroatoms. The number of rotatable bonds is 29. The summed E-state index contributed by atoms with van der Waals surface area (Å²) in [6.07, 6.45) is -1.04. The van der Waals surface area contributed by atoms with Crippen LogP contribution in [0.1, 0.15) is 58.8 Å². The fourth-order valence-corrected chi connectivity index (χ4v) is 6.57. The molecule has 0 aromatic rings. The van der Waals surface area contributed by atoms with Crippen LogP contribution in [0, 0.1) is 5.92 Å². The number of carbonyl (C=O) groups excluding carboxylic acids is 1. The highest BCUT2D eigenvalue weighted by Gasteiger charge is 2.58. The summed E-state index contributed by atoms with van der Waals surface area (Å²) in [6.45, 7) is 4.88. The van der Waals surface area contributed by atoms with Gasteiger partial charge in [-0.05, 0) is 43.8 Å². The standard InChI is InChI=1S/C25H52O15P2S/c1-20(2)7-11-38-18-24(40-19-23(15-27)39-16-22(29)14-26)17-37-10-5-12-43-13-8-21(28)6-3-4-9-25(30,41(31,32)33)42(34,35)36/h20,22-24,26-27,29-30H,3-19H2,1-2H3,(H2,31,32,33)(H2,34,35,36). The molecule has 0 aromatic carbocycles. The molecule has 0 rings (SSSR count). The summed E-state index contributed by atoms with van der Waals surface area (Å²) in [5.74, 6) is 1.67. The summed E-state index contributed by atoms with van der Waals surface area (Å²) >= 11 is 1.55. The van der Waals surface area contributed by atoms with Crippen LogP contribution in [0.25, 0.3) is 0 Å². The first-order valence-electron chi connectivity index (χ1n) is 14.3. The minimum Gasteiger partial charge on any atom is -0.394 e. The minimum atomic E-state index is -5.49. The van der Waals surface area contributed by atoms with E-state index in [1.807, 2.05) is 0 Å². The summed E-state index contributed by atoms with van der Waals surface area (Å²) in [5.41, 5.74) is 0. The summed E-state index contributed by atoms with van der Waals surface area (Å²) in [6, 6.07) is 0. The third-order valence-electron chi connectivity index (χ3n) is 6.16. The molecule has 258 valence electrons. The third kappa shape index (κ3) is 20.0. The van der Waals surface area contributed by atoms with Gasteiger partial charge in [0.05, 0.1) is 39.6 Å². The van der Waals surface area contributed by atoms with Gasteiger partial charge in [0.2, 0.25) is 0 Å². The van der Waals surface area contributed by atoms with E-state index in [1.165, 1.54) is 0 Å². The molecule has 3 atom stereocenters. The maximum Gasteiger partial charge on any atom is 0.369 e. The summed E-state index contributed by atoms with van der Waals surface area (Å²) in [7, 11) is -11.0. The maximum atomic E-state index is 12.1. The highest BCUT2D eigenvalue weighted by molar-refractivity contribution is 7.99. The number of ketones is 1. The lowest BCUT2D eigenvalue weighted by Gasteiger charge is -2.29. The maximum absolute atomic E-state index is 12.1. The van der Waals surface area contributed by atoms with Crippen molar-refractivity contribution in [3.05, 3.63) is 0 Å². The van der Waals surface area contributed by atoms with Crippen molar-refractivity contribution in [2.45, 2.75) is 82.2 Å². The topological polar surface area (TPSA) is 250 Å². The molecule has 0 spiro atoms. The molecule has 0 saturated carbocycles. The molecule has 0 aliphatic rings. The van der Waals surface area contributed by atoms with Crippen molar-refractivity contribution in [3.8, 4) is 0 Å². The van der Waals surface area contributed by atoms with E-state index in [-0.39, 0.29) is 57.9 Å². The van der Waals surface area contributed by atoms with Crippen LogP contribution in [-0.4, -0.2) is 134 Å². The normalized spacial score (nSPS) is 15.1. The number of unbranched alkanes of at least 4 members (excludes halogenated alkanes) is 1. The number of carbonyl (C=O) groups is 1. The average Bonchev–Trinajstić information content (AvgIpc) is 2.92. The lowest BCUT2D eigenvalue weighted by atomic mass is 10.1. The van der Waals surface area contributed by atoms with Crippen molar-refractivity contribution in [2.24, 2.45) is 5.92 Å². The molecule has 0 bridgehead atoms. The van der Waals surface area contributed by atoms with Gasteiger partial charge in [-0.2, -0.15) is 11.8 Å². The van der Waals surface area contributed by atoms with Crippen LogP contribution in [-0.2, 0) is 32.9 Å². The van der Waals surface area contributed by atoms with E-state index in [0.717, 1.165) is 12.2 Å². The fourth-order valence-electron chi connectivity index (χ4n) is 3.41. The molecule has 0 saturated heterocycles. The summed E-state index contributed by atoms with van der Waals surface area (Å²) < 4.78 is 45.3. The van der Waals surface area contributed by atoms with Gasteiger partial charge in [0, 0.05) is 31.8 Å². The van der Waals surface area contributed by atoms with Crippen molar-refractivity contribution in [2.75, 3.05) is 64.4 Å². The Morgan fingerprint density at radius 3 is 1.95 bits per heavy atom. The number of aliphatic hydroxyl groups excluding tert-OH is 3. The smallest absolute Gasteiger partial charge is 0.369 e. The molecular weight excluding hydrogens is 634 g/mol. The Labute approximate surface area is 258 Å². The Bertz CT molecular complexity index is 800. The highest BCUT2D eigenvalue weighted by atomic mass is 32.2. The Morgan fingerprint density at radius 2 is 1.40 bits per heavy atom. The van der Waals surface area contributed by atoms with Gasteiger partial charge in [-0.3, -0.25) is 13.9 Å². The lowest BCUT2D eigenvalue weighted by Crippen LogP contribution is -2.34. The number of thioether (sulfide) groups is 1. The second-order valence-corrected chi connectivity index (χ2v) is 15.8. The van der Waals surface area contributed by atoms with E-state index >= 15 is 0 Å². The summed E-state index contributed by atoms with van der Waals surface area (Å²) in [5, 5.41) is 34.2. The lowest BCUT2D eigenvalue weighted by molar-refractivity contribution is -0.118. The van der Waals surface area contributed by atoms with E-state index < -0.39 is 51.6 Å². The average molecular weight is 687 g/mol. The molecule has 0 heterocycles. The van der Waals surface area contributed by atoms with E-state index in [0.29, 0.717) is 37.9 Å². The van der Waals surface area contributed by atoms with Gasteiger partial charge in [0.1, 0.15) is 24.1 Å². The van der Waals surface area contributed by atoms with Crippen LogP contribution in [0.4, 0.5) is 0 Å². The first-order valence-corrected chi connectivity index (χ1v) is 18.7. The number of aliphatic hydroxyl groups is 4. The monoisotopic (exact) mass is 686 g/mol. The number of hydrogen-bond acceptors (Lipinski definition) is 12. The summed E-state index contributed by atoms with van der Waals surface area (Å²) in [4.78, 5) is 48.6. The molecule has 0 aromatic heterocycles. The van der Waals surface area contributed by atoms with Gasteiger partial charge < -0.3 is 58.9 Å². The van der Waals surface area contributed by atoms with Gasteiger partial charge in [-0.1, -0.05) is 13.8 Å². The van der Waals surface area contributed by atoms with Crippen LogP contribution >= 0.6 is 27.0 Å². The van der Waals surface area contributed by atoms with E-state index in [9.17, 15) is 29.2 Å². The number of Topliss-reactive ketones (excluding diaryl/α,β-unsaturated/α-hetero) is 1.